The van der Waals surface area contributed by atoms with Crippen LogP contribution in [0.25, 0.3) is 11.0 Å². The smallest absolute Gasteiger partial charge is 0.289 e. The normalized spacial score (nSPS) is 19.2. The third kappa shape index (κ3) is 2.33. The molecule has 20 heavy (non-hydrogen) atoms. The molecule has 104 valence electrons. The number of nitrogens with zero attached hydrogens (tertiary/aromatic N) is 1. The van der Waals surface area contributed by atoms with Gasteiger partial charge in [-0.3, -0.25) is 9.59 Å². The Labute approximate surface area is 117 Å². The number of hydrogen-bond acceptors (Lipinski definition) is 3. The zero-order valence-electron chi connectivity index (χ0n) is 11.5. The number of fused-ring (bicyclic) bond motifs is 1. The van der Waals surface area contributed by atoms with Crippen molar-refractivity contribution in [3.63, 3.8) is 0 Å². The van der Waals surface area contributed by atoms with Gasteiger partial charge in [0.05, 0.1) is 5.39 Å². The maximum atomic E-state index is 12.4. The summed E-state index contributed by atoms with van der Waals surface area (Å²) in [5.74, 6) is 0.460. The highest BCUT2D eigenvalue weighted by Crippen LogP contribution is 2.19. The summed E-state index contributed by atoms with van der Waals surface area (Å²) in [6.45, 7) is 3.60. The highest BCUT2D eigenvalue weighted by atomic mass is 16.3. The van der Waals surface area contributed by atoms with Gasteiger partial charge < -0.3 is 9.32 Å². The molecule has 4 nitrogen and oxygen atoms in total. The van der Waals surface area contributed by atoms with Crippen LogP contribution in [-0.2, 0) is 0 Å². The van der Waals surface area contributed by atoms with Crippen LogP contribution in [0.1, 0.15) is 30.3 Å². The molecule has 1 unspecified atom stereocenters. The van der Waals surface area contributed by atoms with Gasteiger partial charge in [0, 0.05) is 19.2 Å². The lowest BCUT2D eigenvalue weighted by Gasteiger charge is -2.30. The largest absolute Gasteiger partial charge is 0.451 e. The molecule has 1 atom stereocenters. The molecule has 4 heteroatoms. The molecular weight excluding hydrogens is 254 g/mol. The average molecular weight is 271 g/mol. The number of carbonyl (C=O) groups is 1. The number of amides is 1. The number of carbonyl (C=O) groups excluding carboxylic acids is 1. The summed E-state index contributed by atoms with van der Waals surface area (Å²) in [5, 5.41) is 0.510. The number of para-hydroxylation sites is 1. The summed E-state index contributed by atoms with van der Waals surface area (Å²) in [6, 6.07) is 8.31. The van der Waals surface area contributed by atoms with E-state index in [9.17, 15) is 9.59 Å². The van der Waals surface area contributed by atoms with Gasteiger partial charge >= 0.3 is 0 Å². The van der Waals surface area contributed by atoms with Gasteiger partial charge in [-0.05, 0) is 30.9 Å². The third-order valence-corrected chi connectivity index (χ3v) is 3.79. The molecule has 3 rings (SSSR count). The van der Waals surface area contributed by atoms with E-state index in [0.29, 0.717) is 16.9 Å². The van der Waals surface area contributed by atoms with Crippen molar-refractivity contribution in [1.29, 1.82) is 0 Å². The minimum Gasteiger partial charge on any atom is -0.451 e. The van der Waals surface area contributed by atoms with Crippen molar-refractivity contribution in [2.24, 2.45) is 5.92 Å². The molecular formula is C16H17NO3. The van der Waals surface area contributed by atoms with Gasteiger partial charge in [0.25, 0.3) is 5.91 Å². The van der Waals surface area contributed by atoms with Crippen LogP contribution in [0.3, 0.4) is 0 Å². The summed E-state index contributed by atoms with van der Waals surface area (Å²) < 4.78 is 5.60. The Hall–Kier alpha value is -2.10. The Kier molecular flexibility index (Phi) is 3.30. The summed E-state index contributed by atoms with van der Waals surface area (Å²) in [6.07, 6.45) is 2.15. The number of piperidine rings is 1. The summed E-state index contributed by atoms with van der Waals surface area (Å²) in [5.41, 5.74) is 0.300. The first-order valence-corrected chi connectivity index (χ1v) is 6.97. The molecule has 0 bridgehead atoms. The predicted molar refractivity (Wildman–Crippen MR) is 76.8 cm³/mol. The van der Waals surface area contributed by atoms with Crippen LogP contribution >= 0.6 is 0 Å². The van der Waals surface area contributed by atoms with Crippen molar-refractivity contribution < 1.29 is 9.21 Å². The van der Waals surface area contributed by atoms with Crippen LogP contribution in [-0.4, -0.2) is 23.9 Å². The Morgan fingerprint density at radius 2 is 2.15 bits per heavy atom. The lowest BCUT2D eigenvalue weighted by molar-refractivity contribution is 0.0651. The molecule has 0 radical (unpaired) electrons. The van der Waals surface area contributed by atoms with Crippen LogP contribution in [0.2, 0.25) is 0 Å². The maximum Gasteiger partial charge on any atom is 0.289 e. The topological polar surface area (TPSA) is 50.5 Å². The second kappa shape index (κ2) is 5.12. The van der Waals surface area contributed by atoms with Crippen LogP contribution in [0, 0.1) is 5.92 Å². The van der Waals surface area contributed by atoms with Gasteiger partial charge in [0.2, 0.25) is 0 Å². The van der Waals surface area contributed by atoms with Gasteiger partial charge in [-0.15, -0.1) is 0 Å². The second-order valence-electron chi connectivity index (χ2n) is 5.47. The third-order valence-electron chi connectivity index (χ3n) is 3.79. The quantitative estimate of drug-likeness (QED) is 0.801. The van der Waals surface area contributed by atoms with Crippen molar-refractivity contribution >= 4 is 16.9 Å². The summed E-state index contributed by atoms with van der Waals surface area (Å²) >= 11 is 0. The van der Waals surface area contributed by atoms with Gasteiger partial charge in [0.15, 0.2) is 11.2 Å². The molecule has 1 fully saturated rings. The molecule has 1 aliphatic rings. The minimum absolute atomic E-state index is 0.141. The molecule has 1 saturated heterocycles. The zero-order valence-corrected chi connectivity index (χ0v) is 11.5. The van der Waals surface area contributed by atoms with Crippen molar-refractivity contribution in [2.45, 2.75) is 19.8 Å². The molecule has 2 aromatic rings. The van der Waals surface area contributed by atoms with Gasteiger partial charge in [-0.2, -0.15) is 0 Å². The molecule has 0 N–H and O–H groups in total. The van der Waals surface area contributed by atoms with Gasteiger partial charge in [-0.25, -0.2) is 0 Å². The molecule has 0 aliphatic carbocycles. The number of rotatable bonds is 1. The second-order valence-corrected chi connectivity index (χ2v) is 5.47. The van der Waals surface area contributed by atoms with Crippen LogP contribution < -0.4 is 5.43 Å². The average Bonchev–Trinajstić information content (AvgIpc) is 2.46. The van der Waals surface area contributed by atoms with Crippen LogP contribution in [0.4, 0.5) is 0 Å². The zero-order chi connectivity index (χ0) is 14.1. The first-order valence-electron chi connectivity index (χ1n) is 6.97. The van der Waals surface area contributed by atoms with E-state index in [-0.39, 0.29) is 17.1 Å². The van der Waals surface area contributed by atoms with Crippen LogP contribution in [0.15, 0.2) is 39.5 Å². The molecule has 0 saturated carbocycles. The van der Waals surface area contributed by atoms with E-state index < -0.39 is 0 Å². The van der Waals surface area contributed by atoms with E-state index in [1.807, 2.05) is 0 Å². The summed E-state index contributed by atoms with van der Waals surface area (Å²) in [4.78, 5) is 26.2. The van der Waals surface area contributed by atoms with E-state index >= 15 is 0 Å². The Bertz CT molecular complexity index is 704. The van der Waals surface area contributed by atoms with Crippen LogP contribution in [0.5, 0.6) is 0 Å². The van der Waals surface area contributed by atoms with Crippen molar-refractivity contribution in [3.05, 3.63) is 46.3 Å². The Balaban J connectivity index is 1.97. The fourth-order valence-corrected chi connectivity index (χ4v) is 2.74. The van der Waals surface area contributed by atoms with Gasteiger partial charge in [-0.1, -0.05) is 19.1 Å². The molecule has 1 amide bonds. The molecule has 2 heterocycles. The van der Waals surface area contributed by atoms with E-state index in [2.05, 4.69) is 6.92 Å². The maximum absolute atomic E-state index is 12.4. The standard InChI is InChI=1S/C16H17NO3/c1-11-5-4-8-17(10-11)16(19)15-9-13(18)12-6-2-3-7-14(12)20-15/h2-3,6-7,9,11H,4-5,8,10H2,1H3. The number of benzene rings is 1. The summed E-state index contributed by atoms with van der Waals surface area (Å²) in [7, 11) is 0. The fraction of sp³-hybridized carbons (Fsp3) is 0.375. The lowest BCUT2D eigenvalue weighted by Crippen LogP contribution is -2.39. The molecule has 0 spiro atoms. The Morgan fingerprint density at radius 3 is 2.95 bits per heavy atom. The SMILES string of the molecule is CC1CCCN(C(=O)c2cc(=O)c3ccccc3o2)C1. The first kappa shape index (κ1) is 12.9. The lowest BCUT2D eigenvalue weighted by atomic mass is 10.00. The van der Waals surface area contributed by atoms with Gasteiger partial charge in [0.1, 0.15) is 5.58 Å². The molecule has 1 aromatic heterocycles. The fourth-order valence-electron chi connectivity index (χ4n) is 2.74. The number of hydrogen-bond donors (Lipinski definition) is 0. The van der Waals surface area contributed by atoms with Crippen molar-refractivity contribution in [3.8, 4) is 0 Å². The van der Waals surface area contributed by atoms with E-state index in [4.69, 9.17) is 4.42 Å². The highest BCUT2D eigenvalue weighted by molar-refractivity contribution is 5.93. The highest BCUT2D eigenvalue weighted by Gasteiger charge is 2.24. The first-order chi connectivity index (χ1) is 9.65. The van der Waals surface area contributed by atoms with E-state index in [1.165, 1.54) is 6.07 Å². The monoisotopic (exact) mass is 271 g/mol. The van der Waals surface area contributed by atoms with E-state index in [1.54, 1.807) is 29.2 Å². The Morgan fingerprint density at radius 1 is 1.35 bits per heavy atom. The van der Waals surface area contributed by atoms with Crippen molar-refractivity contribution in [1.82, 2.24) is 4.90 Å². The predicted octanol–water partition coefficient (Wildman–Crippen LogP) is 2.67. The number of likely N-dealkylation sites (tertiary alicyclic amines) is 1. The van der Waals surface area contributed by atoms with Crippen molar-refractivity contribution in [2.75, 3.05) is 13.1 Å². The van der Waals surface area contributed by atoms with E-state index in [0.717, 1.165) is 25.9 Å². The molecule has 1 aromatic carbocycles. The minimum atomic E-state index is -0.181. The molecule has 1 aliphatic heterocycles.